The van der Waals surface area contributed by atoms with Gasteiger partial charge in [0.1, 0.15) is 0 Å². The summed E-state index contributed by atoms with van der Waals surface area (Å²) < 4.78 is 5.39. The first kappa shape index (κ1) is 13.8. The van der Waals surface area contributed by atoms with Crippen molar-refractivity contribution in [3.05, 3.63) is 35.9 Å². The van der Waals surface area contributed by atoms with E-state index in [2.05, 4.69) is 43.0 Å². The largest absolute Gasteiger partial charge is 0.379 e. The van der Waals surface area contributed by atoms with Crippen LogP contribution in [0, 0.1) is 5.92 Å². The van der Waals surface area contributed by atoms with Crippen LogP contribution < -0.4 is 0 Å². The molecule has 0 bridgehead atoms. The predicted octanol–water partition coefficient (Wildman–Crippen LogP) is 2.47. The fourth-order valence-electron chi connectivity index (χ4n) is 3.29. The Morgan fingerprint density at radius 2 is 1.85 bits per heavy atom. The van der Waals surface area contributed by atoms with E-state index < -0.39 is 0 Å². The van der Waals surface area contributed by atoms with E-state index in [1.54, 1.807) is 0 Å². The lowest BCUT2D eigenvalue weighted by atomic mass is 9.91. The molecule has 108 valence electrons. The van der Waals surface area contributed by atoms with E-state index in [0.29, 0.717) is 11.7 Å². The van der Waals surface area contributed by atoms with Gasteiger partial charge in [-0.25, -0.2) is 0 Å². The van der Waals surface area contributed by atoms with Gasteiger partial charge in [0, 0.05) is 19.0 Å². The molecule has 2 unspecified atom stereocenters. The van der Waals surface area contributed by atoms with Crippen LogP contribution in [0.1, 0.15) is 31.7 Å². The normalized spacial score (nSPS) is 27.3. The second-order valence-electron chi connectivity index (χ2n) is 6.38. The number of rotatable bonds is 4. The Morgan fingerprint density at radius 1 is 1.20 bits per heavy atom. The zero-order valence-electron chi connectivity index (χ0n) is 12.3. The molecule has 2 atom stereocenters. The molecule has 3 rings (SSSR count). The molecular formula is C17H23NO2. The second-order valence-corrected chi connectivity index (χ2v) is 6.38. The summed E-state index contributed by atoms with van der Waals surface area (Å²) in [6.45, 7) is 7.35. The van der Waals surface area contributed by atoms with Crippen LogP contribution in [-0.2, 0) is 9.53 Å². The topological polar surface area (TPSA) is 29.5 Å². The molecule has 0 aromatic heterocycles. The van der Waals surface area contributed by atoms with Crippen LogP contribution >= 0.6 is 0 Å². The van der Waals surface area contributed by atoms with Crippen LogP contribution in [0.5, 0.6) is 0 Å². The lowest BCUT2D eigenvalue weighted by Gasteiger charge is -2.39. The molecule has 0 spiro atoms. The Morgan fingerprint density at radius 3 is 2.50 bits per heavy atom. The lowest BCUT2D eigenvalue weighted by Crippen LogP contribution is -2.55. The number of morpholine rings is 1. The van der Waals surface area contributed by atoms with Crippen molar-refractivity contribution >= 4 is 5.78 Å². The number of nitrogens with zero attached hydrogens (tertiary/aromatic N) is 1. The average Bonchev–Trinajstić information content (AvgIpc) is 3.28. The number of ketones is 1. The molecule has 1 aromatic rings. The van der Waals surface area contributed by atoms with Crippen molar-refractivity contribution in [2.75, 3.05) is 26.3 Å². The first-order chi connectivity index (χ1) is 9.60. The minimum absolute atomic E-state index is 0.204. The third kappa shape index (κ3) is 2.52. The molecule has 2 aliphatic rings. The summed E-state index contributed by atoms with van der Waals surface area (Å²) in [4.78, 5) is 15.1. The van der Waals surface area contributed by atoms with Gasteiger partial charge in [0.25, 0.3) is 0 Å². The summed E-state index contributed by atoms with van der Waals surface area (Å²) in [5.74, 6) is 1.03. The maximum atomic E-state index is 12.8. The van der Waals surface area contributed by atoms with Crippen LogP contribution in [-0.4, -0.2) is 42.5 Å². The first-order valence-electron chi connectivity index (χ1n) is 7.53. The van der Waals surface area contributed by atoms with Crippen molar-refractivity contribution in [3.63, 3.8) is 0 Å². The Hall–Kier alpha value is -1.19. The van der Waals surface area contributed by atoms with Gasteiger partial charge in [-0.15, -0.1) is 0 Å². The summed E-state index contributed by atoms with van der Waals surface area (Å²) in [7, 11) is 0. The molecule has 20 heavy (non-hydrogen) atoms. The number of benzene rings is 1. The van der Waals surface area contributed by atoms with Gasteiger partial charge in [0.2, 0.25) is 0 Å². The van der Waals surface area contributed by atoms with Crippen molar-refractivity contribution in [2.24, 2.45) is 5.92 Å². The summed E-state index contributed by atoms with van der Waals surface area (Å²) >= 11 is 0. The van der Waals surface area contributed by atoms with Crippen molar-refractivity contribution in [1.82, 2.24) is 4.90 Å². The molecule has 1 saturated heterocycles. The van der Waals surface area contributed by atoms with E-state index in [4.69, 9.17) is 4.74 Å². The van der Waals surface area contributed by atoms with Gasteiger partial charge in [0.05, 0.1) is 18.8 Å². The Balaban J connectivity index is 1.67. The van der Waals surface area contributed by atoms with Gasteiger partial charge in [-0.3, -0.25) is 9.69 Å². The minimum Gasteiger partial charge on any atom is -0.379 e. The molecule has 1 aliphatic heterocycles. The number of Topliss-reactive ketones (excluding diaryl/α,β-unsaturated/α-hetero) is 1. The van der Waals surface area contributed by atoms with Crippen molar-refractivity contribution in [3.8, 4) is 0 Å². The Bertz CT molecular complexity index is 477. The molecule has 0 N–H and O–H groups in total. The van der Waals surface area contributed by atoms with Gasteiger partial charge in [-0.05, 0) is 31.7 Å². The summed E-state index contributed by atoms with van der Waals surface area (Å²) in [5.41, 5.74) is 0.946. The van der Waals surface area contributed by atoms with Gasteiger partial charge in [-0.1, -0.05) is 30.3 Å². The van der Waals surface area contributed by atoms with E-state index in [1.807, 2.05) is 6.07 Å². The predicted molar refractivity (Wildman–Crippen MR) is 78.8 cm³/mol. The average molecular weight is 273 g/mol. The van der Waals surface area contributed by atoms with E-state index in [-0.39, 0.29) is 11.5 Å². The minimum atomic E-state index is -0.363. The highest BCUT2D eigenvalue weighted by Gasteiger charge is 2.50. The molecule has 1 aliphatic carbocycles. The van der Waals surface area contributed by atoms with Crippen LogP contribution in [0.2, 0.25) is 0 Å². The highest BCUT2D eigenvalue weighted by atomic mass is 16.5. The molecule has 2 fully saturated rings. The Kier molecular flexibility index (Phi) is 3.65. The molecule has 0 radical (unpaired) electrons. The smallest absolute Gasteiger partial charge is 0.156 e. The number of carbonyl (C=O) groups excluding carboxylic acids is 1. The zero-order valence-corrected chi connectivity index (χ0v) is 12.3. The second kappa shape index (κ2) is 5.30. The fraction of sp³-hybridized carbons (Fsp3) is 0.588. The summed E-state index contributed by atoms with van der Waals surface area (Å²) in [6, 6.07) is 10.4. The monoisotopic (exact) mass is 273 g/mol. The third-order valence-corrected chi connectivity index (χ3v) is 4.76. The maximum Gasteiger partial charge on any atom is 0.156 e. The lowest BCUT2D eigenvalue weighted by molar-refractivity contribution is -0.133. The molecular weight excluding hydrogens is 250 g/mol. The van der Waals surface area contributed by atoms with Crippen molar-refractivity contribution in [2.45, 2.75) is 31.7 Å². The van der Waals surface area contributed by atoms with Gasteiger partial charge < -0.3 is 4.74 Å². The highest BCUT2D eigenvalue weighted by Crippen LogP contribution is 2.50. The Labute approximate surface area is 120 Å². The maximum absolute atomic E-state index is 12.8. The number of carbonyl (C=O) groups is 1. The molecule has 3 nitrogen and oxygen atoms in total. The molecule has 1 aromatic carbocycles. The first-order valence-corrected chi connectivity index (χ1v) is 7.53. The fourth-order valence-corrected chi connectivity index (χ4v) is 3.29. The van der Waals surface area contributed by atoms with Crippen molar-refractivity contribution < 1.29 is 9.53 Å². The van der Waals surface area contributed by atoms with Crippen LogP contribution in [0.4, 0.5) is 0 Å². The molecule has 3 heteroatoms. The number of hydrogen-bond donors (Lipinski definition) is 0. The number of hydrogen-bond acceptors (Lipinski definition) is 3. The van der Waals surface area contributed by atoms with Crippen LogP contribution in [0.3, 0.4) is 0 Å². The van der Waals surface area contributed by atoms with Crippen molar-refractivity contribution in [1.29, 1.82) is 0 Å². The van der Waals surface area contributed by atoms with E-state index in [0.717, 1.165) is 32.7 Å². The summed E-state index contributed by atoms with van der Waals surface area (Å²) in [5, 5.41) is 0. The highest BCUT2D eigenvalue weighted by molar-refractivity contribution is 5.92. The quantitative estimate of drug-likeness (QED) is 0.844. The zero-order chi connectivity index (χ0) is 14.2. The molecule has 0 amide bonds. The van der Waals surface area contributed by atoms with E-state index >= 15 is 0 Å². The van der Waals surface area contributed by atoms with Crippen LogP contribution in [0.15, 0.2) is 30.3 Å². The standard InChI is InChI=1S/C17H23NO2/c1-17(2,18-8-10-20-11-9-18)16(19)15-12-14(15)13-6-4-3-5-7-13/h3-7,14-15H,8-12H2,1-2H3. The van der Waals surface area contributed by atoms with Crippen LogP contribution in [0.25, 0.3) is 0 Å². The number of ether oxygens (including phenoxy) is 1. The third-order valence-electron chi connectivity index (χ3n) is 4.76. The van der Waals surface area contributed by atoms with E-state index in [1.165, 1.54) is 5.56 Å². The van der Waals surface area contributed by atoms with E-state index in [9.17, 15) is 4.79 Å². The van der Waals surface area contributed by atoms with Gasteiger partial charge in [-0.2, -0.15) is 0 Å². The van der Waals surface area contributed by atoms with Gasteiger partial charge >= 0.3 is 0 Å². The molecule has 1 heterocycles. The SMILES string of the molecule is CC(C)(C(=O)C1CC1c1ccccc1)N1CCOCC1. The molecule has 1 saturated carbocycles. The summed E-state index contributed by atoms with van der Waals surface area (Å²) in [6.07, 6.45) is 1.01. The van der Waals surface area contributed by atoms with Gasteiger partial charge in [0.15, 0.2) is 5.78 Å².